The van der Waals surface area contributed by atoms with E-state index in [1.807, 2.05) is 24.3 Å². The number of benzene rings is 1. The van der Waals surface area contributed by atoms with E-state index in [1.165, 1.54) is 0 Å². The summed E-state index contributed by atoms with van der Waals surface area (Å²) in [4.78, 5) is 4.40. The number of methoxy groups -OCH3 is 1. The number of hydrogen-bond acceptors (Lipinski definition) is 6. The average molecular weight is 261 g/mol. The summed E-state index contributed by atoms with van der Waals surface area (Å²) >= 11 is 0. The van der Waals surface area contributed by atoms with Crippen LogP contribution in [0.2, 0.25) is 0 Å². The van der Waals surface area contributed by atoms with Gasteiger partial charge in [0.25, 0.3) is 5.89 Å². The minimum Gasteiger partial charge on any atom is -0.497 e. The Morgan fingerprint density at radius 3 is 2.84 bits per heavy atom. The highest BCUT2D eigenvalue weighted by Crippen LogP contribution is 2.22. The van der Waals surface area contributed by atoms with Crippen LogP contribution in [-0.2, 0) is 4.74 Å². The topological polar surface area (TPSA) is 69.4 Å². The van der Waals surface area contributed by atoms with Gasteiger partial charge in [0, 0.05) is 12.1 Å². The van der Waals surface area contributed by atoms with E-state index in [-0.39, 0.29) is 6.04 Å². The van der Waals surface area contributed by atoms with Gasteiger partial charge in [0.1, 0.15) is 5.75 Å². The van der Waals surface area contributed by atoms with Crippen LogP contribution in [-0.4, -0.2) is 37.0 Å². The first-order chi connectivity index (χ1) is 9.36. The molecule has 0 spiro atoms. The monoisotopic (exact) mass is 261 g/mol. The van der Waals surface area contributed by atoms with Crippen LogP contribution in [0.5, 0.6) is 5.75 Å². The molecule has 2 aromatic rings. The fourth-order valence-corrected chi connectivity index (χ4v) is 1.96. The van der Waals surface area contributed by atoms with Gasteiger partial charge in [-0.1, -0.05) is 5.16 Å². The van der Waals surface area contributed by atoms with E-state index in [1.54, 1.807) is 7.11 Å². The van der Waals surface area contributed by atoms with Crippen LogP contribution in [0, 0.1) is 0 Å². The molecule has 3 rings (SSSR count). The van der Waals surface area contributed by atoms with E-state index in [9.17, 15) is 0 Å². The molecule has 0 radical (unpaired) electrons. The third-order valence-corrected chi connectivity index (χ3v) is 3.01. The fraction of sp³-hybridized carbons (Fsp3) is 0.385. The molecule has 1 aliphatic rings. The third-order valence-electron chi connectivity index (χ3n) is 3.01. The highest BCUT2D eigenvalue weighted by atomic mass is 16.5. The molecule has 0 bridgehead atoms. The summed E-state index contributed by atoms with van der Waals surface area (Å²) in [5.74, 6) is 1.93. The summed E-state index contributed by atoms with van der Waals surface area (Å²) in [6.07, 6.45) is 0. The second-order valence-electron chi connectivity index (χ2n) is 4.27. The van der Waals surface area contributed by atoms with Crippen molar-refractivity contribution in [3.05, 3.63) is 30.1 Å². The van der Waals surface area contributed by atoms with Gasteiger partial charge >= 0.3 is 0 Å². The molecule has 0 saturated carbocycles. The number of hydrogen-bond donors (Lipinski definition) is 1. The smallest absolute Gasteiger partial charge is 0.257 e. The lowest BCUT2D eigenvalue weighted by Crippen LogP contribution is -2.35. The molecule has 1 atom stereocenters. The first-order valence-electron chi connectivity index (χ1n) is 6.16. The van der Waals surface area contributed by atoms with E-state index in [0.29, 0.717) is 18.3 Å². The van der Waals surface area contributed by atoms with Crippen LogP contribution in [0.15, 0.2) is 28.8 Å². The van der Waals surface area contributed by atoms with E-state index < -0.39 is 0 Å². The number of rotatable bonds is 3. The van der Waals surface area contributed by atoms with Gasteiger partial charge in [-0.15, -0.1) is 0 Å². The van der Waals surface area contributed by atoms with Gasteiger partial charge in [-0.25, -0.2) is 0 Å². The average Bonchev–Trinajstić information content (AvgIpc) is 2.98. The van der Waals surface area contributed by atoms with Crippen LogP contribution in [0.4, 0.5) is 0 Å². The van der Waals surface area contributed by atoms with Crippen molar-refractivity contribution >= 4 is 0 Å². The molecule has 1 aliphatic heterocycles. The van der Waals surface area contributed by atoms with Crippen molar-refractivity contribution in [2.24, 2.45) is 0 Å². The molecule has 19 heavy (non-hydrogen) atoms. The molecule has 1 fully saturated rings. The Bertz CT molecular complexity index is 532. The summed E-state index contributed by atoms with van der Waals surface area (Å²) in [5.41, 5.74) is 0.872. The largest absolute Gasteiger partial charge is 0.497 e. The summed E-state index contributed by atoms with van der Waals surface area (Å²) < 4.78 is 15.8. The normalized spacial score (nSPS) is 19.3. The Kier molecular flexibility index (Phi) is 3.43. The number of ether oxygens (including phenoxy) is 2. The number of nitrogens with one attached hydrogen (secondary N) is 1. The van der Waals surface area contributed by atoms with Crippen molar-refractivity contribution in [1.29, 1.82) is 0 Å². The SMILES string of the molecule is COc1ccc(-c2nc(C3COCCN3)no2)cc1. The molecular weight excluding hydrogens is 246 g/mol. The van der Waals surface area contributed by atoms with Crippen LogP contribution in [0.25, 0.3) is 11.5 Å². The lowest BCUT2D eigenvalue weighted by molar-refractivity contribution is 0.0734. The molecule has 1 aromatic heterocycles. The molecule has 100 valence electrons. The van der Waals surface area contributed by atoms with Gasteiger partial charge in [-0.2, -0.15) is 4.98 Å². The van der Waals surface area contributed by atoms with Gasteiger partial charge in [-0.3, -0.25) is 0 Å². The van der Waals surface area contributed by atoms with Crippen molar-refractivity contribution in [2.75, 3.05) is 26.9 Å². The zero-order chi connectivity index (χ0) is 13.1. The molecule has 2 heterocycles. The Balaban J connectivity index is 1.79. The second kappa shape index (κ2) is 5.38. The number of morpholine rings is 1. The quantitative estimate of drug-likeness (QED) is 0.900. The van der Waals surface area contributed by atoms with Crippen molar-refractivity contribution in [3.8, 4) is 17.2 Å². The Labute approximate surface area is 110 Å². The molecule has 1 aromatic carbocycles. The molecule has 6 heteroatoms. The zero-order valence-electron chi connectivity index (χ0n) is 10.6. The molecule has 0 aliphatic carbocycles. The fourth-order valence-electron chi connectivity index (χ4n) is 1.96. The standard InChI is InChI=1S/C13H15N3O3/c1-17-10-4-2-9(3-5-10)13-15-12(16-19-13)11-8-18-7-6-14-11/h2-5,11,14H,6-8H2,1H3. The number of aromatic nitrogens is 2. The van der Waals surface area contributed by atoms with E-state index >= 15 is 0 Å². The maximum atomic E-state index is 5.38. The van der Waals surface area contributed by atoms with Crippen molar-refractivity contribution < 1.29 is 14.0 Å². The predicted octanol–water partition coefficient (Wildman–Crippen LogP) is 1.41. The van der Waals surface area contributed by atoms with Gasteiger partial charge < -0.3 is 19.3 Å². The number of nitrogens with zero attached hydrogens (tertiary/aromatic N) is 2. The Morgan fingerprint density at radius 2 is 2.16 bits per heavy atom. The molecule has 0 amide bonds. The van der Waals surface area contributed by atoms with Gasteiger partial charge in [-0.05, 0) is 24.3 Å². The zero-order valence-corrected chi connectivity index (χ0v) is 10.6. The second-order valence-corrected chi connectivity index (χ2v) is 4.27. The molecule has 1 unspecified atom stereocenters. The lowest BCUT2D eigenvalue weighted by Gasteiger charge is -2.20. The highest BCUT2D eigenvalue weighted by molar-refractivity contribution is 5.54. The molecule has 1 saturated heterocycles. The Hall–Kier alpha value is -1.92. The Morgan fingerprint density at radius 1 is 1.32 bits per heavy atom. The molecule has 6 nitrogen and oxygen atoms in total. The van der Waals surface area contributed by atoms with Gasteiger partial charge in [0.15, 0.2) is 5.82 Å². The predicted molar refractivity (Wildman–Crippen MR) is 67.8 cm³/mol. The van der Waals surface area contributed by atoms with Crippen molar-refractivity contribution in [2.45, 2.75) is 6.04 Å². The van der Waals surface area contributed by atoms with Crippen LogP contribution >= 0.6 is 0 Å². The van der Waals surface area contributed by atoms with Gasteiger partial charge in [0.05, 0.1) is 26.4 Å². The van der Waals surface area contributed by atoms with Crippen LogP contribution in [0.3, 0.4) is 0 Å². The van der Waals surface area contributed by atoms with Crippen molar-refractivity contribution in [1.82, 2.24) is 15.5 Å². The van der Waals surface area contributed by atoms with E-state index in [2.05, 4.69) is 15.5 Å². The van der Waals surface area contributed by atoms with Gasteiger partial charge in [0.2, 0.25) is 0 Å². The van der Waals surface area contributed by atoms with Crippen molar-refractivity contribution in [3.63, 3.8) is 0 Å². The summed E-state index contributed by atoms with van der Waals surface area (Å²) in [5, 5.41) is 7.29. The minimum atomic E-state index is 0.00417. The summed E-state index contributed by atoms with van der Waals surface area (Å²) in [6, 6.07) is 7.51. The minimum absolute atomic E-state index is 0.00417. The lowest BCUT2D eigenvalue weighted by atomic mass is 10.2. The summed E-state index contributed by atoms with van der Waals surface area (Å²) in [6.45, 7) is 2.10. The van der Waals surface area contributed by atoms with Crippen LogP contribution < -0.4 is 10.1 Å². The van der Waals surface area contributed by atoms with E-state index in [4.69, 9.17) is 14.0 Å². The maximum absolute atomic E-state index is 5.38. The third kappa shape index (κ3) is 2.59. The first kappa shape index (κ1) is 12.1. The summed E-state index contributed by atoms with van der Waals surface area (Å²) in [7, 11) is 1.63. The highest BCUT2D eigenvalue weighted by Gasteiger charge is 2.21. The molecule has 1 N–H and O–H groups in total. The van der Waals surface area contributed by atoms with Crippen LogP contribution in [0.1, 0.15) is 11.9 Å². The van der Waals surface area contributed by atoms with E-state index in [0.717, 1.165) is 24.5 Å². The maximum Gasteiger partial charge on any atom is 0.257 e. The first-order valence-corrected chi connectivity index (χ1v) is 6.16. The molecular formula is C13H15N3O3.